The molecule has 0 aromatic heterocycles. The number of amides is 2. The Morgan fingerprint density at radius 2 is 1.95 bits per heavy atom. The Hall–Kier alpha value is -2.44. The van der Waals surface area contributed by atoms with E-state index < -0.39 is 29.6 Å². The largest absolute Gasteiger partial charge is 0.480 e. The van der Waals surface area contributed by atoms with Crippen LogP contribution in [-0.2, 0) is 9.59 Å². The van der Waals surface area contributed by atoms with Gasteiger partial charge in [0.1, 0.15) is 11.9 Å². The number of aliphatic carboxylic acids is 1. The third-order valence-electron chi connectivity index (χ3n) is 2.40. The van der Waals surface area contributed by atoms with Crippen molar-refractivity contribution in [1.82, 2.24) is 5.32 Å². The minimum Gasteiger partial charge on any atom is -0.480 e. The van der Waals surface area contributed by atoms with E-state index in [1.165, 1.54) is 18.2 Å². The first-order chi connectivity index (χ1) is 8.91. The highest BCUT2D eigenvalue weighted by Gasteiger charge is 2.22. The van der Waals surface area contributed by atoms with E-state index in [4.69, 9.17) is 10.8 Å². The van der Waals surface area contributed by atoms with Crippen molar-refractivity contribution in [3.63, 3.8) is 0 Å². The predicted molar refractivity (Wildman–Crippen MR) is 63.7 cm³/mol. The van der Waals surface area contributed by atoms with E-state index in [1.807, 2.05) is 0 Å². The molecule has 0 radical (unpaired) electrons. The van der Waals surface area contributed by atoms with Gasteiger partial charge in [-0.05, 0) is 18.6 Å². The number of nitrogens with one attached hydrogen (secondary N) is 1. The number of halogens is 1. The molecule has 0 aliphatic rings. The average molecular weight is 268 g/mol. The molecule has 0 fully saturated rings. The quantitative estimate of drug-likeness (QED) is 0.688. The minimum atomic E-state index is -1.31. The topological polar surface area (TPSA) is 109 Å². The molecule has 0 saturated heterocycles. The summed E-state index contributed by atoms with van der Waals surface area (Å²) in [6, 6.07) is 3.90. The summed E-state index contributed by atoms with van der Waals surface area (Å²) in [5.74, 6) is -3.59. The molecule has 0 heterocycles. The van der Waals surface area contributed by atoms with Gasteiger partial charge < -0.3 is 16.2 Å². The van der Waals surface area contributed by atoms with E-state index in [0.717, 1.165) is 6.07 Å². The van der Waals surface area contributed by atoms with Gasteiger partial charge in [0, 0.05) is 6.42 Å². The molecule has 1 aromatic rings. The van der Waals surface area contributed by atoms with Gasteiger partial charge in [-0.2, -0.15) is 0 Å². The monoisotopic (exact) mass is 268 g/mol. The molecule has 1 rings (SSSR count). The van der Waals surface area contributed by atoms with Crippen LogP contribution < -0.4 is 11.1 Å². The lowest BCUT2D eigenvalue weighted by Gasteiger charge is -2.13. The molecule has 7 heteroatoms. The van der Waals surface area contributed by atoms with Crippen LogP contribution >= 0.6 is 0 Å². The number of hydrogen-bond donors (Lipinski definition) is 3. The van der Waals surface area contributed by atoms with Gasteiger partial charge >= 0.3 is 5.97 Å². The maximum atomic E-state index is 13.3. The zero-order valence-corrected chi connectivity index (χ0v) is 9.93. The lowest BCUT2D eigenvalue weighted by atomic mass is 10.1. The fourth-order valence-electron chi connectivity index (χ4n) is 1.43. The van der Waals surface area contributed by atoms with Crippen molar-refractivity contribution < 1.29 is 23.9 Å². The SMILES string of the molecule is NC(=O)CC[C@H](NC(=O)c1ccccc1F)C(=O)O. The fraction of sp³-hybridized carbons (Fsp3) is 0.250. The molecule has 4 N–H and O–H groups in total. The van der Waals surface area contributed by atoms with Crippen LogP contribution in [0.25, 0.3) is 0 Å². The van der Waals surface area contributed by atoms with Crippen molar-refractivity contribution in [3.8, 4) is 0 Å². The van der Waals surface area contributed by atoms with Crippen LogP contribution in [0.5, 0.6) is 0 Å². The zero-order chi connectivity index (χ0) is 14.4. The number of carboxylic acids is 1. The summed E-state index contributed by atoms with van der Waals surface area (Å²) < 4.78 is 13.3. The summed E-state index contributed by atoms with van der Waals surface area (Å²) in [7, 11) is 0. The minimum absolute atomic E-state index is 0.148. The van der Waals surface area contributed by atoms with Crippen molar-refractivity contribution in [2.24, 2.45) is 5.73 Å². The number of carboxylic acid groups (broad SMARTS) is 1. The smallest absolute Gasteiger partial charge is 0.326 e. The van der Waals surface area contributed by atoms with Gasteiger partial charge in [-0.1, -0.05) is 12.1 Å². The Kier molecular flexibility index (Phi) is 4.99. The number of benzene rings is 1. The van der Waals surface area contributed by atoms with Gasteiger partial charge in [0.2, 0.25) is 5.91 Å². The van der Waals surface area contributed by atoms with Crippen LogP contribution in [-0.4, -0.2) is 28.9 Å². The Morgan fingerprint density at radius 3 is 2.47 bits per heavy atom. The van der Waals surface area contributed by atoms with E-state index in [0.29, 0.717) is 0 Å². The van der Waals surface area contributed by atoms with Crippen molar-refractivity contribution in [1.29, 1.82) is 0 Å². The van der Waals surface area contributed by atoms with E-state index in [1.54, 1.807) is 0 Å². The number of carbonyl (C=O) groups is 3. The molecule has 0 aliphatic carbocycles. The van der Waals surface area contributed by atoms with Gasteiger partial charge in [0.15, 0.2) is 0 Å². The number of primary amides is 1. The Morgan fingerprint density at radius 1 is 1.32 bits per heavy atom. The second-order valence-electron chi connectivity index (χ2n) is 3.85. The zero-order valence-electron chi connectivity index (χ0n) is 9.93. The molecule has 1 aromatic carbocycles. The first-order valence-electron chi connectivity index (χ1n) is 5.48. The van der Waals surface area contributed by atoms with E-state index in [9.17, 15) is 18.8 Å². The second-order valence-corrected chi connectivity index (χ2v) is 3.85. The number of carbonyl (C=O) groups excluding carboxylic acids is 2. The molecule has 0 bridgehead atoms. The number of nitrogens with two attached hydrogens (primary N) is 1. The normalized spacial score (nSPS) is 11.6. The molecule has 6 nitrogen and oxygen atoms in total. The van der Waals surface area contributed by atoms with Crippen molar-refractivity contribution >= 4 is 17.8 Å². The lowest BCUT2D eigenvalue weighted by molar-refractivity contribution is -0.139. The van der Waals surface area contributed by atoms with E-state index >= 15 is 0 Å². The van der Waals surface area contributed by atoms with Crippen LogP contribution in [0, 0.1) is 5.82 Å². The van der Waals surface area contributed by atoms with Gasteiger partial charge in [-0.25, -0.2) is 9.18 Å². The molecule has 0 unspecified atom stereocenters. The summed E-state index contributed by atoms with van der Waals surface area (Å²) in [5.41, 5.74) is 4.65. The van der Waals surface area contributed by atoms with Crippen molar-refractivity contribution in [3.05, 3.63) is 35.6 Å². The van der Waals surface area contributed by atoms with Gasteiger partial charge in [0.05, 0.1) is 5.56 Å². The molecule has 1 atom stereocenters. The Bertz CT molecular complexity index is 504. The van der Waals surface area contributed by atoms with Crippen LogP contribution in [0.3, 0.4) is 0 Å². The Balaban J connectivity index is 2.74. The summed E-state index contributed by atoms with van der Waals surface area (Å²) in [5, 5.41) is 11.0. The summed E-state index contributed by atoms with van der Waals surface area (Å²) in [4.78, 5) is 33.2. The second kappa shape index (κ2) is 6.48. The third-order valence-corrected chi connectivity index (χ3v) is 2.40. The summed E-state index contributed by atoms with van der Waals surface area (Å²) in [6.45, 7) is 0. The van der Waals surface area contributed by atoms with Crippen LogP contribution in [0.2, 0.25) is 0 Å². The highest BCUT2D eigenvalue weighted by atomic mass is 19.1. The molecule has 0 aliphatic heterocycles. The standard InChI is InChI=1S/C12H13FN2O4/c13-8-4-2-1-3-7(8)11(17)15-9(12(18)19)5-6-10(14)16/h1-4,9H,5-6H2,(H2,14,16)(H,15,17)(H,18,19)/t9-/m0/s1. The number of hydrogen-bond acceptors (Lipinski definition) is 3. The molecule has 19 heavy (non-hydrogen) atoms. The van der Waals surface area contributed by atoms with E-state index in [-0.39, 0.29) is 18.4 Å². The molecule has 0 saturated carbocycles. The number of rotatable bonds is 6. The van der Waals surface area contributed by atoms with Crippen LogP contribution in [0.15, 0.2) is 24.3 Å². The summed E-state index contributed by atoms with van der Waals surface area (Å²) >= 11 is 0. The predicted octanol–water partition coefficient (Wildman–Crippen LogP) is 0.274. The molecular weight excluding hydrogens is 255 g/mol. The van der Waals surface area contributed by atoms with Gasteiger partial charge in [-0.3, -0.25) is 9.59 Å². The average Bonchev–Trinajstić information content (AvgIpc) is 2.34. The van der Waals surface area contributed by atoms with E-state index in [2.05, 4.69) is 5.32 Å². The first-order valence-corrected chi connectivity index (χ1v) is 5.48. The van der Waals surface area contributed by atoms with Crippen molar-refractivity contribution in [2.45, 2.75) is 18.9 Å². The highest BCUT2D eigenvalue weighted by Crippen LogP contribution is 2.07. The van der Waals surface area contributed by atoms with Gasteiger partial charge in [0.25, 0.3) is 5.91 Å². The molecular formula is C12H13FN2O4. The maximum absolute atomic E-state index is 13.3. The Labute approximate surface area is 108 Å². The third kappa shape index (κ3) is 4.38. The van der Waals surface area contributed by atoms with Crippen molar-refractivity contribution in [2.75, 3.05) is 0 Å². The molecule has 2 amide bonds. The lowest BCUT2D eigenvalue weighted by Crippen LogP contribution is -2.41. The molecule has 0 spiro atoms. The molecule has 102 valence electrons. The van der Waals surface area contributed by atoms with Crippen LogP contribution in [0.4, 0.5) is 4.39 Å². The maximum Gasteiger partial charge on any atom is 0.326 e. The fourth-order valence-corrected chi connectivity index (χ4v) is 1.43. The summed E-state index contributed by atoms with van der Waals surface area (Å²) in [6.07, 6.45) is -0.334. The van der Waals surface area contributed by atoms with Crippen LogP contribution in [0.1, 0.15) is 23.2 Å². The highest BCUT2D eigenvalue weighted by molar-refractivity contribution is 5.96. The van der Waals surface area contributed by atoms with Gasteiger partial charge in [-0.15, -0.1) is 0 Å². The first kappa shape index (κ1) is 14.6.